The summed E-state index contributed by atoms with van der Waals surface area (Å²) in [6.07, 6.45) is -2.53. The fraction of sp³-hybridized carbons (Fsp3) is 0.400. The number of carbonyl (C=O) groups is 1. The van der Waals surface area contributed by atoms with E-state index < -0.39 is 30.5 Å². The summed E-state index contributed by atoms with van der Waals surface area (Å²) in [7, 11) is 0. The molecule has 21 heavy (non-hydrogen) atoms. The molecule has 0 saturated carbocycles. The van der Waals surface area contributed by atoms with Crippen molar-refractivity contribution in [1.82, 2.24) is 0 Å². The van der Waals surface area contributed by atoms with Crippen LogP contribution in [0.3, 0.4) is 0 Å². The third-order valence-corrected chi connectivity index (χ3v) is 3.34. The molecule has 0 saturated heterocycles. The first-order valence-electron chi connectivity index (χ1n) is 6.56. The highest BCUT2D eigenvalue weighted by molar-refractivity contribution is 5.89. The Labute approximate surface area is 122 Å². The Kier molecular flexibility index (Phi) is 4.50. The number of benzene rings is 1. The zero-order valence-corrected chi connectivity index (χ0v) is 11.9. The van der Waals surface area contributed by atoms with Crippen LogP contribution < -0.4 is 0 Å². The number of aryl methyl sites for hydroxylation is 2. The van der Waals surface area contributed by atoms with Crippen LogP contribution in [0, 0.1) is 13.8 Å². The lowest BCUT2D eigenvalue weighted by Crippen LogP contribution is -2.32. The van der Waals surface area contributed by atoms with Gasteiger partial charge in [-0.2, -0.15) is 0 Å². The first kappa shape index (κ1) is 15.3. The fourth-order valence-electron chi connectivity index (χ4n) is 2.07. The molecule has 6 nitrogen and oxygen atoms in total. The minimum Gasteiger partial charge on any atom is -0.499 e. The average Bonchev–Trinajstić information content (AvgIpc) is 2.75. The molecule has 2 atom stereocenters. The molecule has 1 aliphatic rings. The zero-order chi connectivity index (χ0) is 15.6. The summed E-state index contributed by atoms with van der Waals surface area (Å²) >= 11 is 0. The van der Waals surface area contributed by atoms with E-state index in [1.807, 2.05) is 32.0 Å². The van der Waals surface area contributed by atoms with Crippen LogP contribution in [0.5, 0.6) is 0 Å². The molecule has 1 aromatic carbocycles. The van der Waals surface area contributed by atoms with Crippen molar-refractivity contribution in [1.29, 1.82) is 0 Å². The Hall–Kier alpha value is -2.05. The van der Waals surface area contributed by atoms with E-state index in [0.29, 0.717) is 0 Å². The molecule has 1 heterocycles. The van der Waals surface area contributed by atoms with Crippen molar-refractivity contribution in [3.63, 3.8) is 0 Å². The molecule has 6 heteroatoms. The van der Waals surface area contributed by atoms with Crippen LogP contribution in [0.1, 0.15) is 16.7 Å². The van der Waals surface area contributed by atoms with Crippen molar-refractivity contribution in [3.8, 4) is 0 Å². The highest BCUT2D eigenvalue weighted by Gasteiger charge is 2.40. The van der Waals surface area contributed by atoms with Gasteiger partial charge in [0.1, 0.15) is 12.7 Å². The molecular formula is C15H18O6. The van der Waals surface area contributed by atoms with E-state index in [-0.39, 0.29) is 12.4 Å². The lowest BCUT2D eigenvalue weighted by atomic mass is 10.1. The number of cyclic esters (lactones) is 1. The quantitative estimate of drug-likeness (QED) is 0.697. The van der Waals surface area contributed by atoms with E-state index in [4.69, 9.17) is 14.6 Å². The number of esters is 1. The minimum atomic E-state index is -1.34. The largest absolute Gasteiger partial charge is 0.499 e. The number of hydrogen-bond acceptors (Lipinski definition) is 6. The predicted octanol–water partition coefficient (Wildman–Crippen LogP) is 0.868. The molecule has 0 aromatic heterocycles. The number of rotatable bonds is 5. The van der Waals surface area contributed by atoms with E-state index >= 15 is 0 Å². The summed E-state index contributed by atoms with van der Waals surface area (Å²) in [6.45, 7) is 3.38. The molecule has 2 rings (SSSR count). The Morgan fingerprint density at radius 2 is 2.10 bits per heavy atom. The molecule has 0 aliphatic carbocycles. The molecule has 0 unspecified atom stereocenters. The first-order valence-corrected chi connectivity index (χ1v) is 6.56. The third-order valence-electron chi connectivity index (χ3n) is 3.34. The van der Waals surface area contributed by atoms with Crippen LogP contribution in [0.2, 0.25) is 0 Å². The predicted molar refractivity (Wildman–Crippen MR) is 73.3 cm³/mol. The molecular weight excluding hydrogens is 276 g/mol. The van der Waals surface area contributed by atoms with Gasteiger partial charge in [-0.25, -0.2) is 4.79 Å². The van der Waals surface area contributed by atoms with Gasteiger partial charge in [-0.15, -0.1) is 0 Å². The maximum atomic E-state index is 11.3. The number of hydrogen-bond donors (Lipinski definition) is 3. The maximum absolute atomic E-state index is 11.3. The third kappa shape index (κ3) is 3.17. The first-order chi connectivity index (χ1) is 9.93. The van der Waals surface area contributed by atoms with Gasteiger partial charge < -0.3 is 24.8 Å². The number of aliphatic hydroxyl groups is 3. The molecule has 0 radical (unpaired) electrons. The van der Waals surface area contributed by atoms with Crippen LogP contribution in [0.4, 0.5) is 0 Å². The van der Waals surface area contributed by atoms with Crippen LogP contribution in [0.15, 0.2) is 29.7 Å². The summed E-state index contributed by atoms with van der Waals surface area (Å²) in [5.41, 5.74) is 2.96. The number of aliphatic hydroxyl groups excluding tert-OH is 3. The van der Waals surface area contributed by atoms with Crippen molar-refractivity contribution >= 4 is 5.97 Å². The van der Waals surface area contributed by atoms with Gasteiger partial charge in [-0.1, -0.05) is 23.8 Å². The van der Waals surface area contributed by atoms with E-state index in [1.54, 1.807) is 0 Å². The Balaban J connectivity index is 2.16. The SMILES string of the molecule is Cc1ccc(C)c(COC2=C(O)C(=O)O[C@@H]2[C@@H](O)CO)c1. The van der Waals surface area contributed by atoms with Gasteiger partial charge in [0.25, 0.3) is 0 Å². The summed E-state index contributed by atoms with van der Waals surface area (Å²) < 4.78 is 10.2. The highest BCUT2D eigenvalue weighted by Crippen LogP contribution is 2.26. The maximum Gasteiger partial charge on any atom is 0.378 e. The van der Waals surface area contributed by atoms with Crippen molar-refractivity contribution in [2.45, 2.75) is 32.7 Å². The Bertz CT molecular complexity index is 578. The Morgan fingerprint density at radius 3 is 2.76 bits per heavy atom. The van der Waals surface area contributed by atoms with Crippen LogP contribution in [0.25, 0.3) is 0 Å². The second-order valence-electron chi connectivity index (χ2n) is 5.01. The van der Waals surface area contributed by atoms with Crippen LogP contribution in [-0.2, 0) is 20.9 Å². The van der Waals surface area contributed by atoms with E-state index in [1.165, 1.54) is 0 Å². The topological polar surface area (TPSA) is 96.2 Å². The summed E-state index contributed by atoms with van der Waals surface area (Å²) in [5.74, 6) is -1.79. The van der Waals surface area contributed by atoms with Gasteiger partial charge in [0, 0.05) is 0 Å². The van der Waals surface area contributed by atoms with Crippen LogP contribution >= 0.6 is 0 Å². The second kappa shape index (κ2) is 6.15. The molecule has 1 aliphatic heterocycles. The van der Waals surface area contributed by atoms with Crippen molar-refractivity contribution in [3.05, 3.63) is 46.4 Å². The number of ether oxygens (including phenoxy) is 2. The minimum absolute atomic E-state index is 0.123. The van der Waals surface area contributed by atoms with Gasteiger partial charge in [0.15, 0.2) is 11.9 Å². The molecule has 0 bridgehead atoms. The summed E-state index contributed by atoms with van der Waals surface area (Å²) in [6, 6.07) is 5.84. The lowest BCUT2D eigenvalue weighted by molar-refractivity contribution is -0.148. The van der Waals surface area contributed by atoms with Gasteiger partial charge in [0.2, 0.25) is 5.76 Å². The second-order valence-corrected chi connectivity index (χ2v) is 5.01. The monoisotopic (exact) mass is 294 g/mol. The summed E-state index contributed by atoms with van der Waals surface area (Å²) in [5, 5.41) is 28.2. The molecule has 3 N–H and O–H groups in total. The fourth-order valence-corrected chi connectivity index (χ4v) is 2.07. The molecule has 114 valence electrons. The molecule has 0 amide bonds. The van der Waals surface area contributed by atoms with Gasteiger partial charge in [0.05, 0.1) is 6.61 Å². The Morgan fingerprint density at radius 1 is 1.38 bits per heavy atom. The van der Waals surface area contributed by atoms with Gasteiger partial charge in [-0.3, -0.25) is 0 Å². The molecule has 0 spiro atoms. The number of carbonyl (C=O) groups excluding carboxylic acids is 1. The van der Waals surface area contributed by atoms with Crippen molar-refractivity contribution in [2.75, 3.05) is 6.61 Å². The average molecular weight is 294 g/mol. The van der Waals surface area contributed by atoms with Crippen LogP contribution in [-0.4, -0.2) is 40.1 Å². The van der Waals surface area contributed by atoms with Gasteiger partial charge in [-0.05, 0) is 25.0 Å². The molecule has 0 fully saturated rings. The highest BCUT2D eigenvalue weighted by atomic mass is 16.6. The van der Waals surface area contributed by atoms with E-state index in [9.17, 15) is 15.0 Å². The smallest absolute Gasteiger partial charge is 0.378 e. The van der Waals surface area contributed by atoms with Crippen molar-refractivity contribution in [2.24, 2.45) is 0 Å². The van der Waals surface area contributed by atoms with Gasteiger partial charge >= 0.3 is 5.97 Å². The zero-order valence-electron chi connectivity index (χ0n) is 11.9. The standard InChI is InChI=1S/C15H18O6/c1-8-3-4-9(2)10(5-8)7-20-14-12(18)15(19)21-13(14)11(17)6-16/h3-5,11,13,16-18H,6-7H2,1-2H3/t11-,13+/m0/s1. The van der Waals surface area contributed by atoms with E-state index in [0.717, 1.165) is 16.7 Å². The normalized spacial score (nSPS) is 19.6. The lowest BCUT2D eigenvalue weighted by Gasteiger charge is -2.18. The summed E-state index contributed by atoms with van der Waals surface area (Å²) in [4.78, 5) is 11.3. The van der Waals surface area contributed by atoms with E-state index in [2.05, 4.69) is 0 Å². The van der Waals surface area contributed by atoms with Crippen molar-refractivity contribution < 1.29 is 29.6 Å². The molecule has 1 aromatic rings.